The van der Waals surface area contributed by atoms with Crippen molar-refractivity contribution in [3.8, 4) is 11.4 Å². The minimum Gasteiger partial charge on any atom is -0.482 e. The van der Waals surface area contributed by atoms with Crippen molar-refractivity contribution >= 4 is 11.6 Å². The molecule has 0 aliphatic heterocycles. The molecule has 1 amide bonds. The lowest BCUT2D eigenvalue weighted by molar-refractivity contribution is -0.118. The molecule has 128 valence electrons. The smallest absolute Gasteiger partial charge is 0.262 e. The molecule has 2 aromatic carbocycles. The monoisotopic (exact) mass is 336 g/mol. The Bertz CT molecular complexity index is 860. The number of amides is 1. The first-order valence-electron chi connectivity index (χ1n) is 8.13. The van der Waals surface area contributed by atoms with Crippen molar-refractivity contribution in [2.75, 3.05) is 11.9 Å². The Morgan fingerprint density at radius 1 is 1.16 bits per heavy atom. The lowest BCUT2D eigenvalue weighted by atomic mass is 10.1. The fraction of sp³-hybridized carbons (Fsp3) is 0.211. The molecule has 3 aromatic rings. The lowest BCUT2D eigenvalue weighted by Crippen LogP contribution is -2.20. The van der Waals surface area contributed by atoms with Gasteiger partial charge in [0.25, 0.3) is 5.91 Å². The van der Waals surface area contributed by atoms with Crippen molar-refractivity contribution in [3.05, 3.63) is 66.2 Å². The summed E-state index contributed by atoms with van der Waals surface area (Å²) in [5.41, 5.74) is 3.82. The quantitative estimate of drug-likeness (QED) is 0.751. The minimum atomic E-state index is -0.208. The fourth-order valence-corrected chi connectivity index (χ4v) is 2.50. The van der Waals surface area contributed by atoms with E-state index >= 15 is 0 Å². The van der Waals surface area contributed by atoms with Crippen LogP contribution in [0, 0.1) is 6.92 Å². The molecule has 1 N–H and O–H groups in total. The van der Waals surface area contributed by atoms with Gasteiger partial charge in [0.05, 0.1) is 5.69 Å². The molecule has 0 bridgehead atoms. The van der Waals surface area contributed by atoms with Crippen LogP contribution in [0.1, 0.15) is 18.1 Å². The van der Waals surface area contributed by atoms with Crippen LogP contribution in [-0.2, 0) is 11.2 Å². The van der Waals surface area contributed by atoms with Crippen molar-refractivity contribution in [3.63, 3.8) is 0 Å². The normalized spacial score (nSPS) is 10.5. The van der Waals surface area contributed by atoms with Gasteiger partial charge in [-0.05, 0) is 48.7 Å². The number of ether oxygens (including phenoxy) is 1. The molecule has 0 aliphatic carbocycles. The number of nitrogens with zero attached hydrogens (tertiary/aromatic N) is 3. The Balaban J connectivity index is 1.71. The predicted octanol–water partition coefficient (Wildman–Crippen LogP) is 3.16. The van der Waals surface area contributed by atoms with E-state index in [1.165, 1.54) is 5.56 Å². The van der Waals surface area contributed by atoms with E-state index in [1.807, 2.05) is 49.4 Å². The van der Waals surface area contributed by atoms with Gasteiger partial charge in [0, 0.05) is 5.69 Å². The Hall–Kier alpha value is -3.15. The summed E-state index contributed by atoms with van der Waals surface area (Å²) in [7, 11) is 0. The zero-order chi connectivity index (χ0) is 17.6. The fourth-order valence-electron chi connectivity index (χ4n) is 2.50. The largest absolute Gasteiger partial charge is 0.482 e. The number of rotatable bonds is 6. The Kier molecular flexibility index (Phi) is 5.09. The summed E-state index contributed by atoms with van der Waals surface area (Å²) in [5.74, 6) is 0.399. The first-order valence-corrected chi connectivity index (χ1v) is 8.13. The number of hydrogen-bond donors (Lipinski definition) is 1. The summed E-state index contributed by atoms with van der Waals surface area (Å²) in [4.78, 5) is 12.2. The highest BCUT2D eigenvalue weighted by Gasteiger charge is 2.10. The molecule has 0 unspecified atom stereocenters. The maximum Gasteiger partial charge on any atom is 0.262 e. The number of aryl methyl sites for hydroxylation is 2. The van der Waals surface area contributed by atoms with Gasteiger partial charge in [0.15, 0.2) is 6.61 Å². The number of carbonyl (C=O) groups excluding carboxylic acids is 1. The molecular formula is C19H20N4O2. The van der Waals surface area contributed by atoms with Crippen LogP contribution in [0.25, 0.3) is 5.69 Å². The van der Waals surface area contributed by atoms with E-state index in [2.05, 4.69) is 22.4 Å². The third-order valence-corrected chi connectivity index (χ3v) is 3.79. The van der Waals surface area contributed by atoms with Crippen LogP contribution in [0.4, 0.5) is 5.69 Å². The van der Waals surface area contributed by atoms with Crippen LogP contribution in [-0.4, -0.2) is 27.3 Å². The second-order valence-electron chi connectivity index (χ2n) is 5.73. The van der Waals surface area contributed by atoms with Crippen LogP contribution in [0.15, 0.2) is 55.1 Å². The van der Waals surface area contributed by atoms with Crippen molar-refractivity contribution in [2.24, 2.45) is 0 Å². The molecule has 6 heteroatoms. The second-order valence-corrected chi connectivity index (χ2v) is 5.73. The third-order valence-electron chi connectivity index (χ3n) is 3.79. The number of aromatic nitrogens is 3. The number of carbonyl (C=O) groups is 1. The predicted molar refractivity (Wildman–Crippen MR) is 96.0 cm³/mol. The molecule has 0 saturated heterocycles. The maximum atomic E-state index is 12.2. The topological polar surface area (TPSA) is 69.0 Å². The highest BCUT2D eigenvalue weighted by Crippen LogP contribution is 2.24. The minimum absolute atomic E-state index is 0.0749. The van der Waals surface area contributed by atoms with Gasteiger partial charge in [-0.1, -0.05) is 25.1 Å². The number of benzene rings is 2. The molecule has 0 saturated carbocycles. The first kappa shape index (κ1) is 16.7. The number of hydrogen-bond acceptors (Lipinski definition) is 4. The maximum absolute atomic E-state index is 12.2. The Morgan fingerprint density at radius 3 is 2.68 bits per heavy atom. The zero-order valence-corrected chi connectivity index (χ0v) is 14.3. The molecule has 6 nitrogen and oxygen atoms in total. The van der Waals surface area contributed by atoms with E-state index < -0.39 is 0 Å². The van der Waals surface area contributed by atoms with Gasteiger partial charge < -0.3 is 10.1 Å². The highest BCUT2D eigenvalue weighted by molar-refractivity contribution is 5.92. The first-order chi connectivity index (χ1) is 12.2. The van der Waals surface area contributed by atoms with Crippen LogP contribution < -0.4 is 10.1 Å². The van der Waals surface area contributed by atoms with E-state index in [0.29, 0.717) is 5.75 Å². The Labute approximate surface area is 146 Å². The van der Waals surface area contributed by atoms with Gasteiger partial charge in [-0.3, -0.25) is 9.36 Å². The molecule has 3 rings (SSSR count). The molecule has 1 aromatic heterocycles. The molecule has 1 heterocycles. The molecule has 0 spiro atoms. The van der Waals surface area contributed by atoms with Crippen molar-refractivity contribution in [1.29, 1.82) is 0 Å². The van der Waals surface area contributed by atoms with Crippen molar-refractivity contribution in [2.45, 2.75) is 20.3 Å². The SMILES string of the molecule is CCc1ccc(OCC(=O)Nc2cccc(C)c2)c(-n2cnnc2)c1. The van der Waals surface area contributed by atoms with E-state index in [1.54, 1.807) is 17.2 Å². The average Bonchev–Trinajstić information content (AvgIpc) is 3.14. The zero-order valence-electron chi connectivity index (χ0n) is 14.3. The molecule has 25 heavy (non-hydrogen) atoms. The van der Waals surface area contributed by atoms with Crippen LogP contribution in [0.2, 0.25) is 0 Å². The summed E-state index contributed by atoms with van der Waals surface area (Å²) in [6.45, 7) is 3.99. The summed E-state index contributed by atoms with van der Waals surface area (Å²) in [6, 6.07) is 13.5. The van der Waals surface area contributed by atoms with E-state index in [9.17, 15) is 4.79 Å². The van der Waals surface area contributed by atoms with Gasteiger partial charge in [0.1, 0.15) is 18.4 Å². The summed E-state index contributed by atoms with van der Waals surface area (Å²) < 4.78 is 7.51. The van der Waals surface area contributed by atoms with Gasteiger partial charge in [0.2, 0.25) is 0 Å². The molecule has 0 fully saturated rings. The average molecular weight is 336 g/mol. The molecular weight excluding hydrogens is 316 g/mol. The van der Waals surface area contributed by atoms with E-state index in [4.69, 9.17) is 4.74 Å². The van der Waals surface area contributed by atoms with Gasteiger partial charge in [-0.15, -0.1) is 10.2 Å². The van der Waals surface area contributed by atoms with Crippen molar-refractivity contribution < 1.29 is 9.53 Å². The van der Waals surface area contributed by atoms with Gasteiger partial charge >= 0.3 is 0 Å². The third kappa shape index (κ3) is 4.23. The number of nitrogens with one attached hydrogen (secondary N) is 1. The summed E-state index contributed by atoms with van der Waals surface area (Å²) in [5, 5.41) is 10.5. The standard InChI is InChI=1S/C19H20N4O2/c1-3-15-7-8-18(17(10-15)23-12-20-21-13-23)25-11-19(24)22-16-6-4-5-14(2)9-16/h4-10,12-13H,3,11H2,1-2H3,(H,22,24). The Morgan fingerprint density at radius 2 is 1.96 bits per heavy atom. The highest BCUT2D eigenvalue weighted by atomic mass is 16.5. The molecule has 0 aliphatic rings. The lowest BCUT2D eigenvalue weighted by Gasteiger charge is -2.13. The molecule has 0 atom stereocenters. The molecule has 0 radical (unpaired) electrons. The second kappa shape index (κ2) is 7.61. The number of anilines is 1. The van der Waals surface area contributed by atoms with Crippen LogP contribution >= 0.6 is 0 Å². The van der Waals surface area contributed by atoms with Gasteiger partial charge in [-0.2, -0.15) is 0 Å². The van der Waals surface area contributed by atoms with E-state index in [-0.39, 0.29) is 12.5 Å². The van der Waals surface area contributed by atoms with Gasteiger partial charge in [-0.25, -0.2) is 0 Å². The van der Waals surface area contributed by atoms with Crippen LogP contribution in [0.5, 0.6) is 5.75 Å². The summed E-state index contributed by atoms with van der Waals surface area (Å²) in [6.07, 6.45) is 4.12. The van der Waals surface area contributed by atoms with E-state index in [0.717, 1.165) is 23.4 Å². The van der Waals surface area contributed by atoms with Crippen LogP contribution in [0.3, 0.4) is 0 Å². The summed E-state index contributed by atoms with van der Waals surface area (Å²) >= 11 is 0. The van der Waals surface area contributed by atoms with Crippen molar-refractivity contribution in [1.82, 2.24) is 14.8 Å².